The lowest BCUT2D eigenvalue weighted by Crippen LogP contribution is -2.43. The van der Waals surface area contributed by atoms with Gasteiger partial charge in [0.1, 0.15) is 0 Å². The summed E-state index contributed by atoms with van der Waals surface area (Å²) in [7, 11) is 4.07. The highest BCUT2D eigenvalue weighted by Crippen LogP contribution is 2.21. The number of halogens is 1. The van der Waals surface area contributed by atoms with Gasteiger partial charge in [0.2, 0.25) is 0 Å². The molecule has 1 unspecified atom stereocenters. The highest BCUT2D eigenvalue weighted by Gasteiger charge is 2.17. The maximum Gasteiger partial charge on any atom is 0.191 e. The van der Waals surface area contributed by atoms with Crippen LogP contribution >= 0.6 is 24.0 Å². The number of nitrogens with zero attached hydrogens (tertiary/aromatic N) is 2. The van der Waals surface area contributed by atoms with Crippen LogP contribution in [0, 0.1) is 0 Å². The molecule has 1 atom stereocenters. The van der Waals surface area contributed by atoms with Gasteiger partial charge in [-0.05, 0) is 32.7 Å². The third kappa shape index (κ3) is 9.40. The minimum Gasteiger partial charge on any atom is -0.379 e. The van der Waals surface area contributed by atoms with Gasteiger partial charge in [0.05, 0.1) is 12.7 Å². The molecule has 1 aliphatic heterocycles. The second-order valence-electron chi connectivity index (χ2n) is 6.91. The van der Waals surface area contributed by atoms with E-state index in [2.05, 4.69) is 27.6 Å². The first-order valence-electron chi connectivity index (χ1n) is 9.63. The van der Waals surface area contributed by atoms with Gasteiger partial charge in [-0.1, -0.05) is 19.3 Å². The summed E-state index contributed by atoms with van der Waals surface area (Å²) in [4.78, 5) is 6.78. The quantitative estimate of drug-likeness (QED) is 0.235. The second kappa shape index (κ2) is 14.0. The Labute approximate surface area is 170 Å². The summed E-state index contributed by atoms with van der Waals surface area (Å²) in [5.41, 5.74) is 0. The highest BCUT2D eigenvalue weighted by molar-refractivity contribution is 14.0. The van der Waals surface area contributed by atoms with Crippen molar-refractivity contribution in [2.75, 3.05) is 53.6 Å². The molecule has 148 valence electrons. The van der Waals surface area contributed by atoms with E-state index >= 15 is 0 Å². The van der Waals surface area contributed by atoms with Crippen LogP contribution < -0.4 is 10.6 Å². The van der Waals surface area contributed by atoms with Crippen molar-refractivity contribution in [1.29, 1.82) is 0 Å². The van der Waals surface area contributed by atoms with E-state index in [0.717, 1.165) is 64.3 Å². The lowest BCUT2D eigenvalue weighted by atomic mass is 9.94. The van der Waals surface area contributed by atoms with E-state index in [-0.39, 0.29) is 24.0 Å². The molecular formula is C18H37IN4O2. The fraction of sp³-hybridized carbons (Fsp3) is 0.944. The zero-order chi connectivity index (χ0) is 17.0. The summed E-state index contributed by atoms with van der Waals surface area (Å²) < 4.78 is 11.1. The standard InChI is InChI=1S/C18H36N4O2.HI/c1-19-18(20-10-6-13-24-17-9-14-23-15-17)21-11-12-22(2)16-7-4-3-5-8-16;/h16-17H,3-15H2,1-2H3,(H2,19,20,21);1H. The maximum absolute atomic E-state index is 5.77. The van der Waals surface area contributed by atoms with Crippen LogP contribution in [0.25, 0.3) is 0 Å². The van der Waals surface area contributed by atoms with Gasteiger partial charge < -0.3 is 25.0 Å². The fourth-order valence-corrected chi connectivity index (χ4v) is 3.45. The molecule has 2 rings (SSSR count). The molecule has 1 saturated carbocycles. The topological polar surface area (TPSA) is 58.1 Å². The first-order valence-corrected chi connectivity index (χ1v) is 9.63. The molecule has 0 spiro atoms. The zero-order valence-electron chi connectivity index (χ0n) is 16.0. The molecule has 7 heteroatoms. The van der Waals surface area contributed by atoms with Crippen LogP contribution in [0.15, 0.2) is 4.99 Å². The monoisotopic (exact) mass is 468 g/mol. The van der Waals surface area contributed by atoms with Crippen LogP contribution in [0.3, 0.4) is 0 Å². The summed E-state index contributed by atoms with van der Waals surface area (Å²) >= 11 is 0. The first-order chi connectivity index (χ1) is 11.8. The number of likely N-dealkylation sites (N-methyl/N-ethyl adjacent to an activating group) is 1. The second-order valence-corrected chi connectivity index (χ2v) is 6.91. The predicted molar refractivity (Wildman–Crippen MR) is 114 cm³/mol. The van der Waals surface area contributed by atoms with Gasteiger partial charge in [0.25, 0.3) is 0 Å². The lowest BCUT2D eigenvalue weighted by Gasteiger charge is -2.31. The molecule has 6 nitrogen and oxygen atoms in total. The summed E-state index contributed by atoms with van der Waals surface area (Å²) in [5, 5.41) is 6.77. The molecule has 0 aromatic heterocycles. The maximum atomic E-state index is 5.77. The normalized spacial score (nSPS) is 22.0. The fourth-order valence-electron chi connectivity index (χ4n) is 3.45. The van der Waals surface area contributed by atoms with Crippen molar-refractivity contribution in [1.82, 2.24) is 15.5 Å². The Morgan fingerprint density at radius 1 is 1.16 bits per heavy atom. The van der Waals surface area contributed by atoms with Gasteiger partial charge in [-0.3, -0.25) is 4.99 Å². The van der Waals surface area contributed by atoms with Gasteiger partial charge in [-0.25, -0.2) is 0 Å². The minimum absolute atomic E-state index is 0. The molecule has 1 aliphatic carbocycles. The molecule has 0 radical (unpaired) electrons. The van der Waals surface area contributed by atoms with E-state index in [1.807, 2.05) is 7.05 Å². The number of hydrogen-bond acceptors (Lipinski definition) is 4. The Morgan fingerprint density at radius 2 is 1.92 bits per heavy atom. The van der Waals surface area contributed by atoms with Gasteiger partial charge in [0, 0.05) is 45.9 Å². The number of hydrogen-bond donors (Lipinski definition) is 2. The summed E-state index contributed by atoms with van der Waals surface area (Å²) in [6, 6.07) is 0.771. The third-order valence-corrected chi connectivity index (χ3v) is 5.03. The summed E-state index contributed by atoms with van der Waals surface area (Å²) in [6.45, 7) is 5.26. The molecule has 2 fully saturated rings. The zero-order valence-corrected chi connectivity index (χ0v) is 18.3. The molecular weight excluding hydrogens is 431 g/mol. The van der Waals surface area contributed by atoms with Gasteiger partial charge in [-0.2, -0.15) is 0 Å². The third-order valence-electron chi connectivity index (χ3n) is 5.03. The van der Waals surface area contributed by atoms with Crippen molar-refractivity contribution in [3.8, 4) is 0 Å². The molecule has 0 aromatic carbocycles. The lowest BCUT2D eigenvalue weighted by molar-refractivity contribution is 0.0420. The molecule has 1 heterocycles. The largest absolute Gasteiger partial charge is 0.379 e. The molecule has 0 aromatic rings. The molecule has 0 bridgehead atoms. The molecule has 0 amide bonds. The van der Waals surface area contributed by atoms with E-state index in [1.54, 1.807) is 0 Å². The number of aliphatic imine (C=N–C) groups is 1. The van der Waals surface area contributed by atoms with E-state index in [9.17, 15) is 0 Å². The van der Waals surface area contributed by atoms with Crippen LogP contribution in [0.4, 0.5) is 0 Å². The molecule has 2 N–H and O–H groups in total. The number of guanidine groups is 1. The average Bonchev–Trinajstić information content (AvgIpc) is 3.14. The van der Waals surface area contributed by atoms with E-state index in [1.165, 1.54) is 32.1 Å². The Balaban J connectivity index is 0.00000312. The summed E-state index contributed by atoms with van der Waals surface area (Å²) in [6.07, 6.45) is 9.23. The minimum atomic E-state index is 0. The molecule has 1 saturated heterocycles. The van der Waals surface area contributed by atoms with Crippen LogP contribution in [0.5, 0.6) is 0 Å². The smallest absolute Gasteiger partial charge is 0.191 e. The Kier molecular flexibility index (Phi) is 12.8. The average molecular weight is 468 g/mol. The van der Waals surface area contributed by atoms with E-state index in [4.69, 9.17) is 9.47 Å². The van der Waals surface area contributed by atoms with Crippen molar-refractivity contribution in [2.45, 2.75) is 57.1 Å². The van der Waals surface area contributed by atoms with E-state index in [0.29, 0.717) is 6.10 Å². The summed E-state index contributed by atoms with van der Waals surface area (Å²) in [5.74, 6) is 0.885. The van der Waals surface area contributed by atoms with Crippen LogP contribution in [0.2, 0.25) is 0 Å². The number of nitrogens with one attached hydrogen (secondary N) is 2. The van der Waals surface area contributed by atoms with Crippen molar-refractivity contribution >= 4 is 29.9 Å². The number of rotatable bonds is 9. The molecule has 2 aliphatic rings. The Bertz CT molecular complexity index is 359. The van der Waals surface area contributed by atoms with Gasteiger partial charge in [0.15, 0.2) is 5.96 Å². The van der Waals surface area contributed by atoms with Crippen molar-refractivity contribution < 1.29 is 9.47 Å². The number of ether oxygens (including phenoxy) is 2. The predicted octanol–water partition coefficient (Wildman–Crippen LogP) is 2.23. The van der Waals surface area contributed by atoms with Crippen LogP contribution in [-0.4, -0.2) is 76.6 Å². The van der Waals surface area contributed by atoms with Crippen molar-refractivity contribution in [3.05, 3.63) is 0 Å². The Morgan fingerprint density at radius 3 is 2.60 bits per heavy atom. The SMILES string of the molecule is CN=C(NCCCOC1CCOC1)NCCN(C)C1CCCCC1.I. The Hall–Kier alpha value is -0.120. The van der Waals surface area contributed by atoms with Crippen molar-refractivity contribution in [2.24, 2.45) is 4.99 Å². The van der Waals surface area contributed by atoms with Crippen molar-refractivity contribution in [3.63, 3.8) is 0 Å². The van der Waals surface area contributed by atoms with Crippen LogP contribution in [0.1, 0.15) is 44.9 Å². The van der Waals surface area contributed by atoms with Gasteiger partial charge in [-0.15, -0.1) is 24.0 Å². The van der Waals surface area contributed by atoms with E-state index < -0.39 is 0 Å². The first kappa shape index (κ1) is 22.9. The van der Waals surface area contributed by atoms with Gasteiger partial charge >= 0.3 is 0 Å². The van der Waals surface area contributed by atoms with Crippen LogP contribution in [-0.2, 0) is 9.47 Å². The highest BCUT2D eigenvalue weighted by atomic mass is 127. The molecule has 25 heavy (non-hydrogen) atoms.